The Labute approximate surface area is 196 Å². The summed E-state index contributed by atoms with van der Waals surface area (Å²) < 4.78 is 58.2. The Bertz CT molecular complexity index is 1200. The van der Waals surface area contributed by atoms with Crippen LogP contribution in [0.5, 0.6) is 5.75 Å². The van der Waals surface area contributed by atoms with Crippen molar-refractivity contribution in [3.05, 3.63) is 53.8 Å². The van der Waals surface area contributed by atoms with Crippen LogP contribution >= 0.6 is 0 Å². The number of rotatable bonds is 5. The Hall–Kier alpha value is -3.18. The highest BCUT2D eigenvalue weighted by Crippen LogP contribution is 2.33. The summed E-state index contributed by atoms with van der Waals surface area (Å²) in [5.41, 5.74) is 0.272. The molecule has 0 spiro atoms. The fourth-order valence-electron chi connectivity index (χ4n) is 4.23. The summed E-state index contributed by atoms with van der Waals surface area (Å²) in [7, 11) is -1.24. The smallest absolute Gasteiger partial charge is 0.308 e. The van der Waals surface area contributed by atoms with E-state index in [-0.39, 0.29) is 54.1 Å². The molecule has 1 saturated heterocycles. The molecule has 2 heterocycles. The number of sulfonamides is 1. The van der Waals surface area contributed by atoms with Gasteiger partial charge in [0.2, 0.25) is 0 Å². The van der Waals surface area contributed by atoms with E-state index >= 15 is 0 Å². The second-order valence-corrected chi connectivity index (χ2v) is 9.85. The molecule has 34 heavy (non-hydrogen) atoms. The number of hydrogen-bond acceptors (Lipinski definition) is 7. The zero-order valence-corrected chi connectivity index (χ0v) is 19.5. The van der Waals surface area contributed by atoms with Crippen LogP contribution in [0.25, 0.3) is 0 Å². The maximum Gasteiger partial charge on any atom is 0.308 e. The highest BCUT2D eigenvalue weighted by atomic mass is 32.2. The van der Waals surface area contributed by atoms with Gasteiger partial charge in [0.25, 0.3) is 15.9 Å². The van der Waals surface area contributed by atoms with Crippen molar-refractivity contribution >= 4 is 27.6 Å². The average molecular weight is 493 g/mol. The monoisotopic (exact) mass is 492 g/mol. The van der Waals surface area contributed by atoms with Gasteiger partial charge in [-0.05, 0) is 43.2 Å². The highest BCUT2D eigenvalue weighted by molar-refractivity contribution is 7.92. The van der Waals surface area contributed by atoms with Crippen LogP contribution in [0.1, 0.15) is 29.6 Å². The van der Waals surface area contributed by atoms with Crippen molar-refractivity contribution in [2.24, 2.45) is 0 Å². The first-order valence-electron chi connectivity index (χ1n) is 10.7. The van der Waals surface area contributed by atoms with Crippen molar-refractivity contribution in [1.29, 1.82) is 0 Å². The van der Waals surface area contributed by atoms with Gasteiger partial charge in [-0.1, -0.05) is 12.1 Å². The molecule has 0 bridgehead atoms. The molecule has 0 aliphatic carbocycles. The van der Waals surface area contributed by atoms with Gasteiger partial charge < -0.3 is 19.1 Å². The second kappa shape index (κ2) is 9.59. The van der Waals surface area contributed by atoms with Crippen molar-refractivity contribution in [2.75, 3.05) is 25.5 Å². The van der Waals surface area contributed by atoms with E-state index in [1.54, 1.807) is 11.9 Å². The number of hydrogen-bond donors (Lipinski definition) is 1. The summed E-state index contributed by atoms with van der Waals surface area (Å²) in [5.74, 6) is -1.35. The normalized spacial score (nSPS) is 22.5. The molecule has 1 fully saturated rings. The molecule has 9 nitrogen and oxygen atoms in total. The second-order valence-electron chi connectivity index (χ2n) is 8.20. The SMILES string of the molecule is COC(=O)C[C@H]1CC[C@@H]2[C@H](COc3ccc(NS(=O)(=O)c4ccccc4F)cc3C(=O)N2C)O1. The van der Waals surface area contributed by atoms with Gasteiger partial charge in [-0.3, -0.25) is 14.3 Å². The first-order valence-corrected chi connectivity index (χ1v) is 12.2. The van der Waals surface area contributed by atoms with Crippen molar-refractivity contribution in [3.8, 4) is 5.75 Å². The van der Waals surface area contributed by atoms with Crippen LogP contribution in [0, 0.1) is 5.82 Å². The lowest BCUT2D eigenvalue weighted by Crippen LogP contribution is -2.53. The number of nitrogens with zero attached hydrogens (tertiary/aromatic N) is 1. The van der Waals surface area contributed by atoms with Gasteiger partial charge >= 0.3 is 5.97 Å². The predicted octanol–water partition coefficient (Wildman–Crippen LogP) is 2.57. The molecule has 0 saturated carbocycles. The highest BCUT2D eigenvalue weighted by Gasteiger charge is 2.39. The summed E-state index contributed by atoms with van der Waals surface area (Å²) >= 11 is 0. The Morgan fingerprint density at radius 3 is 2.74 bits per heavy atom. The topological polar surface area (TPSA) is 111 Å². The third-order valence-electron chi connectivity index (χ3n) is 6.01. The van der Waals surface area contributed by atoms with Crippen molar-refractivity contribution in [2.45, 2.75) is 42.4 Å². The summed E-state index contributed by atoms with van der Waals surface area (Å²) in [6, 6.07) is 9.03. The van der Waals surface area contributed by atoms with Crippen molar-refractivity contribution in [3.63, 3.8) is 0 Å². The molecule has 0 aromatic heterocycles. The summed E-state index contributed by atoms with van der Waals surface area (Å²) in [6.07, 6.45) is 0.537. The van der Waals surface area contributed by atoms with E-state index in [0.717, 1.165) is 12.1 Å². The minimum absolute atomic E-state index is 0.0995. The molecule has 2 aromatic carbocycles. The number of carbonyl (C=O) groups is 2. The lowest BCUT2D eigenvalue weighted by Gasteiger charge is -2.42. The maximum atomic E-state index is 14.0. The van der Waals surface area contributed by atoms with Crippen LogP contribution in [-0.4, -0.2) is 64.2 Å². The lowest BCUT2D eigenvalue weighted by atomic mass is 9.94. The van der Waals surface area contributed by atoms with E-state index in [0.29, 0.717) is 12.8 Å². The van der Waals surface area contributed by atoms with E-state index in [1.165, 1.54) is 37.4 Å². The van der Waals surface area contributed by atoms with Crippen molar-refractivity contribution in [1.82, 2.24) is 4.90 Å². The predicted molar refractivity (Wildman–Crippen MR) is 120 cm³/mol. The molecule has 2 aliphatic heterocycles. The number of halogens is 1. The van der Waals surface area contributed by atoms with Gasteiger partial charge in [0, 0.05) is 12.7 Å². The van der Waals surface area contributed by atoms with Crippen LogP contribution < -0.4 is 9.46 Å². The quantitative estimate of drug-likeness (QED) is 0.639. The summed E-state index contributed by atoms with van der Waals surface area (Å²) in [4.78, 5) is 25.9. The zero-order chi connectivity index (χ0) is 24.5. The fraction of sp³-hybridized carbons (Fsp3) is 0.391. The molecule has 1 amide bonds. The Balaban J connectivity index is 1.56. The van der Waals surface area contributed by atoms with Crippen LogP contribution in [0.3, 0.4) is 0 Å². The lowest BCUT2D eigenvalue weighted by molar-refractivity contribution is -0.151. The van der Waals surface area contributed by atoms with E-state index in [9.17, 15) is 22.4 Å². The van der Waals surface area contributed by atoms with Gasteiger partial charge in [0.15, 0.2) is 0 Å². The minimum atomic E-state index is -4.20. The third-order valence-corrected chi connectivity index (χ3v) is 7.43. The van der Waals surface area contributed by atoms with Crippen molar-refractivity contribution < 1.29 is 36.6 Å². The molecular formula is C23H25FN2O7S. The molecule has 0 radical (unpaired) electrons. The first kappa shape index (κ1) is 24.0. The van der Waals surface area contributed by atoms with Crippen LogP contribution in [-0.2, 0) is 24.3 Å². The van der Waals surface area contributed by atoms with E-state index in [1.807, 2.05) is 0 Å². The van der Waals surface area contributed by atoms with E-state index in [4.69, 9.17) is 14.2 Å². The number of carbonyl (C=O) groups excluding carboxylic acids is 2. The molecule has 4 rings (SSSR count). The van der Waals surface area contributed by atoms with Gasteiger partial charge in [-0.2, -0.15) is 0 Å². The number of methoxy groups -OCH3 is 1. The summed E-state index contributed by atoms with van der Waals surface area (Å²) in [6.45, 7) is 0.146. The van der Waals surface area contributed by atoms with Crippen LogP contribution in [0.15, 0.2) is 47.4 Å². The Morgan fingerprint density at radius 2 is 2.00 bits per heavy atom. The zero-order valence-electron chi connectivity index (χ0n) is 18.7. The molecule has 11 heteroatoms. The standard InChI is InChI=1S/C23H25FN2O7S/c1-26-18-9-8-15(12-22(27)31-2)33-20(18)13-32-19-10-7-14(11-16(19)23(26)28)25-34(29,30)21-6-4-3-5-17(21)24/h3-7,10-11,15,18,20,25H,8-9,12-13H2,1-2H3/t15-,18-,20+/m1/s1. The van der Waals surface area contributed by atoms with Crippen LogP contribution in [0.2, 0.25) is 0 Å². The Kier molecular flexibility index (Phi) is 6.76. The first-order chi connectivity index (χ1) is 16.2. The maximum absolute atomic E-state index is 14.0. The van der Waals surface area contributed by atoms with Gasteiger partial charge in [-0.15, -0.1) is 0 Å². The summed E-state index contributed by atoms with van der Waals surface area (Å²) in [5, 5.41) is 0. The Morgan fingerprint density at radius 1 is 1.24 bits per heavy atom. The third kappa shape index (κ3) is 4.85. The average Bonchev–Trinajstić information content (AvgIpc) is 2.81. The van der Waals surface area contributed by atoms with E-state index < -0.39 is 26.8 Å². The number of likely N-dealkylation sites (N-methyl/N-ethyl adjacent to an activating group) is 1. The van der Waals surface area contributed by atoms with Gasteiger partial charge in [0.05, 0.1) is 31.2 Å². The molecule has 0 unspecified atom stereocenters. The number of benzene rings is 2. The number of nitrogens with one attached hydrogen (secondary N) is 1. The minimum Gasteiger partial charge on any atom is -0.490 e. The fourth-order valence-corrected chi connectivity index (χ4v) is 5.36. The molecule has 1 N–H and O–H groups in total. The molecule has 182 valence electrons. The van der Waals surface area contributed by atoms with Gasteiger partial charge in [-0.25, -0.2) is 12.8 Å². The van der Waals surface area contributed by atoms with Gasteiger partial charge in [0.1, 0.15) is 29.2 Å². The molecule has 3 atom stereocenters. The molecule has 2 aromatic rings. The molecular weight excluding hydrogens is 467 g/mol. The number of esters is 1. The largest absolute Gasteiger partial charge is 0.490 e. The van der Waals surface area contributed by atoms with E-state index in [2.05, 4.69) is 4.72 Å². The number of anilines is 1. The number of ether oxygens (including phenoxy) is 3. The molecule has 2 aliphatic rings. The number of amides is 1. The number of fused-ring (bicyclic) bond motifs is 2. The van der Waals surface area contributed by atoms with Crippen LogP contribution in [0.4, 0.5) is 10.1 Å².